The normalized spacial score (nSPS) is 12.6. The van der Waals surface area contributed by atoms with Crippen LogP contribution in [0.3, 0.4) is 0 Å². The maximum absolute atomic E-state index is 9.57. The summed E-state index contributed by atoms with van der Waals surface area (Å²) in [6.45, 7) is 3.51. The standard InChI is InChI=1S/C15H21N3O2/c1-12-13(8-16-9-15(19)11-20-2)10-18(17-12)14-6-4-3-5-7-14/h3-7,10,15-16,19H,8-9,11H2,1-2H3. The number of aliphatic hydroxyl groups is 1. The smallest absolute Gasteiger partial charge is 0.0897 e. The molecule has 0 aliphatic carbocycles. The molecule has 1 aromatic heterocycles. The molecule has 0 aliphatic rings. The summed E-state index contributed by atoms with van der Waals surface area (Å²) in [5.74, 6) is 0. The van der Waals surface area contributed by atoms with Crippen LogP contribution in [0.1, 0.15) is 11.3 Å². The highest BCUT2D eigenvalue weighted by atomic mass is 16.5. The zero-order valence-electron chi connectivity index (χ0n) is 11.9. The Morgan fingerprint density at radius 2 is 2.10 bits per heavy atom. The van der Waals surface area contributed by atoms with E-state index in [0.717, 1.165) is 16.9 Å². The molecule has 0 radical (unpaired) electrons. The Kier molecular flexibility index (Phi) is 5.29. The van der Waals surface area contributed by atoms with Crippen LogP contribution in [0.15, 0.2) is 36.5 Å². The van der Waals surface area contributed by atoms with Gasteiger partial charge in [0.15, 0.2) is 0 Å². The van der Waals surface area contributed by atoms with Gasteiger partial charge in [0.1, 0.15) is 0 Å². The lowest BCUT2D eigenvalue weighted by Crippen LogP contribution is -2.29. The van der Waals surface area contributed by atoms with Gasteiger partial charge in [-0.15, -0.1) is 0 Å². The number of ether oxygens (including phenoxy) is 1. The quantitative estimate of drug-likeness (QED) is 0.799. The van der Waals surface area contributed by atoms with Crippen LogP contribution in [-0.2, 0) is 11.3 Å². The minimum Gasteiger partial charge on any atom is -0.389 e. The van der Waals surface area contributed by atoms with Crippen molar-refractivity contribution in [1.82, 2.24) is 15.1 Å². The van der Waals surface area contributed by atoms with E-state index < -0.39 is 6.10 Å². The summed E-state index contributed by atoms with van der Waals surface area (Å²) in [6, 6.07) is 10.0. The van der Waals surface area contributed by atoms with E-state index >= 15 is 0 Å². The largest absolute Gasteiger partial charge is 0.389 e. The molecule has 1 heterocycles. The van der Waals surface area contributed by atoms with Crippen molar-refractivity contribution in [3.05, 3.63) is 47.8 Å². The lowest BCUT2D eigenvalue weighted by Gasteiger charge is -2.10. The van der Waals surface area contributed by atoms with Gasteiger partial charge in [-0.3, -0.25) is 0 Å². The van der Waals surface area contributed by atoms with Crippen LogP contribution in [0, 0.1) is 6.92 Å². The van der Waals surface area contributed by atoms with Gasteiger partial charge in [0.25, 0.3) is 0 Å². The first-order valence-electron chi connectivity index (χ1n) is 6.69. The van der Waals surface area contributed by atoms with Crippen molar-refractivity contribution in [2.75, 3.05) is 20.3 Å². The molecule has 2 N–H and O–H groups in total. The Balaban J connectivity index is 1.95. The summed E-state index contributed by atoms with van der Waals surface area (Å²) in [5.41, 5.74) is 3.15. The molecule has 108 valence electrons. The highest BCUT2D eigenvalue weighted by molar-refractivity contribution is 5.32. The van der Waals surface area contributed by atoms with Crippen molar-refractivity contribution in [1.29, 1.82) is 0 Å². The Morgan fingerprint density at radius 3 is 2.80 bits per heavy atom. The molecule has 0 aliphatic heterocycles. The van der Waals surface area contributed by atoms with Gasteiger partial charge in [0.05, 0.1) is 24.1 Å². The Bertz CT molecular complexity index is 525. The summed E-state index contributed by atoms with van der Waals surface area (Å²) in [4.78, 5) is 0. The highest BCUT2D eigenvalue weighted by Crippen LogP contribution is 2.11. The third-order valence-corrected chi connectivity index (χ3v) is 3.08. The SMILES string of the molecule is COCC(O)CNCc1cn(-c2ccccc2)nc1C. The van der Waals surface area contributed by atoms with Crippen LogP contribution in [-0.4, -0.2) is 41.3 Å². The molecule has 0 amide bonds. The first kappa shape index (κ1) is 14.7. The molecule has 0 saturated heterocycles. The minimum absolute atomic E-state index is 0.343. The number of rotatable bonds is 7. The Morgan fingerprint density at radius 1 is 1.35 bits per heavy atom. The van der Waals surface area contributed by atoms with Crippen molar-refractivity contribution >= 4 is 0 Å². The van der Waals surface area contributed by atoms with E-state index in [0.29, 0.717) is 19.7 Å². The van der Waals surface area contributed by atoms with Crippen LogP contribution in [0.4, 0.5) is 0 Å². The molecule has 0 saturated carbocycles. The number of hydrogen-bond donors (Lipinski definition) is 2. The number of methoxy groups -OCH3 is 1. The average Bonchev–Trinajstić information content (AvgIpc) is 2.82. The van der Waals surface area contributed by atoms with Gasteiger partial charge in [-0.2, -0.15) is 5.10 Å². The molecule has 0 bridgehead atoms. The van der Waals surface area contributed by atoms with Gasteiger partial charge in [0.2, 0.25) is 0 Å². The number of aromatic nitrogens is 2. The molecule has 2 rings (SSSR count). The minimum atomic E-state index is -0.482. The zero-order valence-corrected chi connectivity index (χ0v) is 11.9. The van der Waals surface area contributed by atoms with Gasteiger partial charge in [-0.25, -0.2) is 4.68 Å². The summed E-state index contributed by atoms with van der Waals surface area (Å²) in [7, 11) is 1.58. The molecular weight excluding hydrogens is 254 g/mol. The van der Waals surface area contributed by atoms with Gasteiger partial charge < -0.3 is 15.2 Å². The molecule has 0 spiro atoms. The van der Waals surface area contributed by atoms with Crippen molar-refractivity contribution < 1.29 is 9.84 Å². The summed E-state index contributed by atoms with van der Waals surface area (Å²) in [5, 5.41) is 17.3. The van der Waals surface area contributed by atoms with Crippen molar-refractivity contribution in [3.8, 4) is 5.69 Å². The fourth-order valence-electron chi connectivity index (χ4n) is 2.01. The topological polar surface area (TPSA) is 59.3 Å². The molecule has 1 unspecified atom stereocenters. The van der Waals surface area contributed by atoms with Gasteiger partial charge in [0, 0.05) is 32.0 Å². The summed E-state index contributed by atoms with van der Waals surface area (Å²) < 4.78 is 6.76. The summed E-state index contributed by atoms with van der Waals surface area (Å²) in [6.07, 6.45) is 1.53. The molecule has 1 atom stereocenters. The van der Waals surface area contributed by atoms with Crippen molar-refractivity contribution in [2.24, 2.45) is 0 Å². The van der Waals surface area contributed by atoms with E-state index in [-0.39, 0.29) is 0 Å². The second-order valence-corrected chi connectivity index (χ2v) is 4.76. The van der Waals surface area contributed by atoms with Crippen LogP contribution in [0.25, 0.3) is 5.69 Å². The number of para-hydroxylation sites is 1. The van der Waals surface area contributed by atoms with E-state index in [1.165, 1.54) is 0 Å². The first-order valence-corrected chi connectivity index (χ1v) is 6.69. The third kappa shape index (κ3) is 3.90. The predicted molar refractivity (Wildman–Crippen MR) is 77.9 cm³/mol. The predicted octanol–water partition coefficient (Wildman–Crippen LogP) is 1.28. The van der Waals surface area contributed by atoms with E-state index in [9.17, 15) is 5.11 Å². The van der Waals surface area contributed by atoms with Crippen molar-refractivity contribution in [3.63, 3.8) is 0 Å². The molecule has 2 aromatic rings. The number of hydrogen-bond acceptors (Lipinski definition) is 4. The lowest BCUT2D eigenvalue weighted by atomic mass is 10.2. The van der Waals surface area contributed by atoms with Crippen molar-refractivity contribution in [2.45, 2.75) is 19.6 Å². The molecule has 20 heavy (non-hydrogen) atoms. The molecule has 0 fully saturated rings. The fourth-order valence-corrected chi connectivity index (χ4v) is 2.01. The van der Waals surface area contributed by atoms with Gasteiger partial charge >= 0.3 is 0 Å². The third-order valence-electron chi connectivity index (χ3n) is 3.08. The molecule has 5 nitrogen and oxygen atoms in total. The maximum Gasteiger partial charge on any atom is 0.0897 e. The second kappa shape index (κ2) is 7.19. The van der Waals surface area contributed by atoms with E-state index in [1.807, 2.05) is 48.1 Å². The Labute approximate surface area is 119 Å². The van der Waals surface area contributed by atoms with E-state index in [1.54, 1.807) is 7.11 Å². The van der Waals surface area contributed by atoms with Crippen LogP contribution in [0.5, 0.6) is 0 Å². The van der Waals surface area contributed by atoms with Gasteiger partial charge in [-0.05, 0) is 19.1 Å². The average molecular weight is 275 g/mol. The summed E-state index contributed by atoms with van der Waals surface area (Å²) >= 11 is 0. The number of nitrogens with one attached hydrogen (secondary N) is 1. The number of aryl methyl sites for hydroxylation is 1. The first-order chi connectivity index (χ1) is 9.70. The van der Waals surface area contributed by atoms with Crippen LogP contribution >= 0.6 is 0 Å². The highest BCUT2D eigenvalue weighted by Gasteiger charge is 2.07. The second-order valence-electron chi connectivity index (χ2n) is 4.76. The Hall–Kier alpha value is -1.69. The van der Waals surface area contributed by atoms with Gasteiger partial charge in [-0.1, -0.05) is 18.2 Å². The van der Waals surface area contributed by atoms with E-state index in [2.05, 4.69) is 10.4 Å². The zero-order chi connectivity index (χ0) is 14.4. The number of benzene rings is 1. The van der Waals surface area contributed by atoms with Crippen LogP contribution < -0.4 is 5.32 Å². The molecule has 5 heteroatoms. The lowest BCUT2D eigenvalue weighted by molar-refractivity contribution is 0.0644. The van der Waals surface area contributed by atoms with E-state index in [4.69, 9.17) is 4.74 Å². The monoisotopic (exact) mass is 275 g/mol. The van der Waals surface area contributed by atoms with Crippen LogP contribution in [0.2, 0.25) is 0 Å². The maximum atomic E-state index is 9.57. The molecule has 1 aromatic carbocycles. The number of nitrogens with zero attached hydrogens (tertiary/aromatic N) is 2. The molecular formula is C15H21N3O2. The fraction of sp³-hybridized carbons (Fsp3) is 0.400. The number of aliphatic hydroxyl groups excluding tert-OH is 1.